The van der Waals surface area contributed by atoms with Crippen LogP contribution in [0.4, 0.5) is 13.2 Å². The number of carbonyl (C=O) groups is 2. The second kappa shape index (κ2) is 10.0. The normalized spacial score (nSPS) is 12.5. The van der Waals surface area contributed by atoms with Crippen molar-refractivity contribution in [2.24, 2.45) is 0 Å². The van der Waals surface area contributed by atoms with E-state index in [1.807, 2.05) is 0 Å². The zero-order valence-corrected chi connectivity index (χ0v) is 18.1. The fourth-order valence-corrected chi connectivity index (χ4v) is 4.53. The summed E-state index contributed by atoms with van der Waals surface area (Å²) in [5.41, 5.74) is -1.25. The van der Waals surface area contributed by atoms with E-state index in [-0.39, 0.29) is 16.1 Å². The summed E-state index contributed by atoms with van der Waals surface area (Å²) in [4.78, 5) is 25.4. The van der Waals surface area contributed by atoms with E-state index in [1.165, 1.54) is 18.3 Å². The van der Waals surface area contributed by atoms with Gasteiger partial charge in [0.15, 0.2) is 16.0 Å². The van der Waals surface area contributed by atoms with Gasteiger partial charge in [0, 0.05) is 17.6 Å². The number of carbonyl (C=O) groups excluding carboxylic acids is 2. The molecule has 2 amide bonds. The van der Waals surface area contributed by atoms with Crippen LogP contribution in [0.15, 0.2) is 48.5 Å². The van der Waals surface area contributed by atoms with Crippen LogP contribution in [0.2, 0.25) is 5.02 Å². The third kappa shape index (κ3) is 6.70. The number of nitriles is 1. The summed E-state index contributed by atoms with van der Waals surface area (Å²) in [6.45, 7) is 0. The molecule has 0 aliphatic rings. The monoisotopic (exact) mass is 487 g/mol. The first-order valence-electron chi connectivity index (χ1n) is 8.93. The summed E-state index contributed by atoms with van der Waals surface area (Å²) < 4.78 is 64.3. The summed E-state index contributed by atoms with van der Waals surface area (Å²) in [7, 11) is -3.17. The second-order valence-electron chi connectivity index (χ2n) is 6.75. The minimum Gasteiger partial charge on any atom is -0.339 e. The highest BCUT2D eigenvalue weighted by Crippen LogP contribution is 2.32. The predicted molar refractivity (Wildman–Crippen MR) is 110 cm³/mol. The molecular weight excluding hydrogens is 471 g/mol. The molecule has 0 aromatic heterocycles. The fraction of sp³-hybridized carbons (Fsp3) is 0.250. The van der Waals surface area contributed by atoms with Gasteiger partial charge < -0.3 is 5.32 Å². The Balaban J connectivity index is 2.31. The molecule has 0 radical (unpaired) electrons. The van der Waals surface area contributed by atoms with E-state index >= 15 is 0 Å². The van der Waals surface area contributed by atoms with Crippen molar-refractivity contribution < 1.29 is 31.2 Å². The summed E-state index contributed by atoms with van der Waals surface area (Å²) >= 11 is 5.87. The number of rotatable bonds is 7. The van der Waals surface area contributed by atoms with Gasteiger partial charge in [0.2, 0.25) is 0 Å². The summed E-state index contributed by atoms with van der Waals surface area (Å²) in [6, 6.07) is 8.22. The topological polar surface area (TPSA) is 107 Å². The maximum Gasteiger partial charge on any atom is 0.416 e. The van der Waals surface area contributed by atoms with Gasteiger partial charge in [-0.1, -0.05) is 29.8 Å². The van der Waals surface area contributed by atoms with Crippen molar-refractivity contribution in [3.05, 3.63) is 70.2 Å². The number of hydrogen-bond donors (Lipinski definition) is 1. The van der Waals surface area contributed by atoms with Gasteiger partial charge in [-0.15, -0.1) is 0 Å². The molecule has 0 spiro atoms. The Kier molecular flexibility index (Phi) is 7.87. The number of sulfone groups is 1. The van der Waals surface area contributed by atoms with Gasteiger partial charge in [-0.3, -0.25) is 14.5 Å². The molecule has 0 aliphatic carbocycles. The molecule has 0 aliphatic heterocycles. The number of nitrogens with zero attached hydrogens (tertiary/aromatic N) is 2. The van der Waals surface area contributed by atoms with E-state index in [4.69, 9.17) is 16.9 Å². The minimum atomic E-state index is -4.71. The zero-order chi connectivity index (χ0) is 24.1. The second-order valence-corrected chi connectivity index (χ2v) is 9.26. The van der Waals surface area contributed by atoms with Crippen LogP contribution in [0, 0.1) is 11.5 Å². The lowest BCUT2D eigenvalue weighted by Gasteiger charge is -2.20. The molecule has 2 aromatic carbocycles. The Labute approximate surface area is 187 Å². The smallest absolute Gasteiger partial charge is 0.339 e. The number of amides is 2. The van der Waals surface area contributed by atoms with Crippen molar-refractivity contribution in [2.45, 2.75) is 18.0 Å². The molecule has 0 saturated carbocycles. The Morgan fingerprint density at radius 1 is 1.19 bits per heavy atom. The Hall–Kier alpha value is -3.10. The highest BCUT2D eigenvalue weighted by Gasteiger charge is 2.33. The van der Waals surface area contributed by atoms with E-state index in [0.29, 0.717) is 17.0 Å². The van der Waals surface area contributed by atoms with Crippen LogP contribution in [0.25, 0.3) is 0 Å². The average molecular weight is 488 g/mol. The van der Waals surface area contributed by atoms with Crippen LogP contribution in [0.5, 0.6) is 0 Å². The molecule has 1 atom stereocenters. The first-order chi connectivity index (χ1) is 14.8. The zero-order valence-electron chi connectivity index (χ0n) is 16.6. The van der Waals surface area contributed by atoms with Crippen molar-refractivity contribution in [3.8, 4) is 6.19 Å². The Bertz CT molecular complexity index is 1150. The largest absolute Gasteiger partial charge is 0.416 e. The van der Waals surface area contributed by atoms with Gasteiger partial charge in [0.1, 0.15) is 6.04 Å². The first kappa shape index (κ1) is 25.2. The summed E-state index contributed by atoms with van der Waals surface area (Å²) in [5, 5.41) is 11.0. The van der Waals surface area contributed by atoms with Crippen LogP contribution >= 0.6 is 11.6 Å². The molecule has 7 nitrogen and oxygen atoms in total. The molecule has 0 unspecified atom stereocenters. The van der Waals surface area contributed by atoms with E-state index in [1.54, 1.807) is 18.2 Å². The number of benzene rings is 2. The Morgan fingerprint density at radius 2 is 1.81 bits per heavy atom. The number of likely N-dealkylation sites (N-methyl/N-ethyl adjacent to an activating group) is 1. The highest BCUT2D eigenvalue weighted by molar-refractivity contribution is 7.90. The molecule has 32 heavy (non-hydrogen) atoms. The van der Waals surface area contributed by atoms with Crippen molar-refractivity contribution >= 4 is 33.3 Å². The third-order valence-electron chi connectivity index (χ3n) is 4.29. The van der Waals surface area contributed by atoms with Crippen LogP contribution in [0.1, 0.15) is 21.5 Å². The number of hydrogen-bond acceptors (Lipinski definition) is 5. The minimum absolute atomic E-state index is 0.142. The van der Waals surface area contributed by atoms with Crippen molar-refractivity contribution in [1.29, 1.82) is 5.26 Å². The quantitative estimate of drug-likeness (QED) is 0.477. The standard InChI is InChI=1S/C20H17ClF3N3O4S/c1-27(12-25)19(29)17(26-18(28)13-5-3-2-4-6-13)11-32(30,31)10-14-9-15(20(22,23)24)7-8-16(14)21/h2-9,17H,10-11H2,1H3,(H,26,28)/t17-/m0/s1. The summed E-state index contributed by atoms with van der Waals surface area (Å²) in [6.07, 6.45) is -3.19. The molecular formula is C20H17ClF3N3O4S. The highest BCUT2D eigenvalue weighted by atomic mass is 35.5. The fourth-order valence-electron chi connectivity index (χ4n) is 2.70. The molecule has 1 N–H and O–H groups in total. The van der Waals surface area contributed by atoms with Crippen LogP contribution in [0.3, 0.4) is 0 Å². The lowest BCUT2D eigenvalue weighted by molar-refractivity contribution is -0.137. The van der Waals surface area contributed by atoms with Gasteiger partial charge >= 0.3 is 6.18 Å². The van der Waals surface area contributed by atoms with Crippen molar-refractivity contribution in [2.75, 3.05) is 12.8 Å². The molecule has 170 valence electrons. The van der Waals surface area contributed by atoms with Gasteiger partial charge in [-0.05, 0) is 35.9 Å². The molecule has 2 rings (SSSR count). The number of halogens is 4. The van der Waals surface area contributed by atoms with Gasteiger partial charge in [0.05, 0.1) is 17.1 Å². The maximum absolute atomic E-state index is 13.0. The number of alkyl halides is 3. The van der Waals surface area contributed by atoms with E-state index in [0.717, 1.165) is 13.1 Å². The van der Waals surface area contributed by atoms with Gasteiger partial charge in [-0.2, -0.15) is 18.4 Å². The Morgan fingerprint density at radius 3 is 2.38 bits per heavy atom. The van der Waals surface area contributed by atoms with Crippen molar-refractivity contribution in [1.82, 2.24) is 10.2 Å². The average Bonchev–Trinajstić information content (AvgIpc) is 2.73. The van der Waals surface area contributed by atoms with Gasteiger partial charge in [0.25, 0.3) is 11.8 Å². The first-order valence-corrected chi connectivity index (χ1v) is 11.1. The predicted octanol–water partition coefficient (Wildman–Crippen LogP) is 3.01. The molecule has 0 bridgehead atoms. The van der Waals surface area contributed by atoms with E-state index in [9.17, 15) is 31.2 Å². The van der Waals surface area contributed by atoms with Crippen LogP contribution in [-0.2, 0) is 26.6 Å². The van der Waals surface area contributed by atoms with Crippen molar-refractivity contribution in [3.63, 3.8) is 0 Å². The molecule has 12 heteroatoms. The molecule has 0 fully saturated rings. The lowest BCUT2D eigenvalue weighted by atomic mass is 10.1. The van der Waals surface area contributed by atoms with E-state index in [2.05, 4.69) is 5.32 Å². The maximum atomic E-state index is 13.0. The number of nitrogens with one attached hydrogen (secondary N) is 1. The third-order valence-corrected chi connectivity index (χ3v) is 6.25. The van der Waals surface area contributed by atoms with E-state index < -0.39 is 50.9 Å². The SMILES string of the molecule is CN(C#N)C(=O)[C@H](CS(=O)(=O)Cc1cc(C(F)(F)F)ccc1Cl)NC(=O)c1ccccc1. The van der Waals surface area contributed by atoms with Crippen LogP contribution < -0.4 is 5.32 Å². The molecule has 0 saturated heterocycles. The van der Waals surface area contributed by atoms with Gasteiger partial charge in [-0.25, -0.2) is 8.42 Å². The molecule has 0 heterocycles. The summed E-state index contributed by atoms with van der Waals surface area (Å²) in [5.74, 6) is -3.63. The lowest BCUT2D eigenvalue weighted by Crippen LogP contribution is -2.50. The van der Waals surface area contributed by atoms with Crippen LogP contribution in [-0.4, -0.2) is 44.0 Å². The molecule has 2 aromatic rings.